The fraction of sp³-hybridized carbons (Fsp3) is 0.250. The number of alkyl halides is 6. The van der Waals surface area contributed by atoms with Crippen LogP contribution in [0, 0.1) is 0 Å². The van der Waals surface area contributed by atoms with Crippen molar-refractivity contribution in [3.63, 3.8) is 0 Å². The van der Waals surface area contributed by atoms with E-state index >= 15 is 0 Å². The number of thiol groups is 1. The topological polar surface area (TPSA) is 20.2 Å². The summed E-state index contributed by atoms with van der Waals surface area (Å²) in [5.74, 6) is -0.955. The zero-order valence-corrected chi connectivity index (χ0v) is 8.21. The number of halogens is 6. The highest BCUT2D eigenvalue weighted by molar-refractivity contribution is 7.80. The van der Waals surface area contributed by atoms with Gasteiger partial charge in [0.25, 0.3) is 0 Å². The van der Waals surface area contributed by atoms with Crippen molar-refractivity contribution in [3.05, 3.63) is 23.3 Å². The maximum Gasteiger partial charge on any atom is 0.417 e. The van der Waals surface area contributed by atoms with E-state index in [0.29, 0.717) is 0 Å². The second kappa shape index (κ2) is 3.76. The van der Waals surface area contributed by atoms with Crippen LogP contribution in [0.1, 0.15) is 11.1 Å². The smallest absolute Gasteiger partial charge is 0.417 e. The van der Waals surface area contributed by atoms with Crippen molar-refractivity contribution >= 4 is 12.6 Å². The van der Waals surface area contributed by atoms with Gasteiger partial charge in [0.15, 0.2) is 0 Å². The summed E-state index contributed by atoms with van der Waals surface area (Å²) in [7, 11) is 0. The maximum atomic E-state index is 12.3. The van der Waals surface area contributed by atoms with Crippen LogP contribution >= 0.6 is 12.6 Å². The molecular formula is C8H4F6OS. The SMILES string of the molecule is Oc1cc(C(F)(F)F)c(C(F)(F)F)cc1S. The average molecular weight is 262 g/mol. The van der Waals surface area contributed by atoms with E-state index in [1.165, 1.54) is 0 Å². The van der Waals surface area contributed by atoms with Gasteiger partial charge in [-0.05, 0) is 12.1 Å². The minimum absolute atomic E-state index is 0.00512. The van der Waals surface area contributed by atoms with E-state index in [0.717, 1.165) is 0 Å². The highest BCUT2D eigenvalue weighted by atomic mass is 32.1. The quantitative estimate of drug-likeness (QED) is 0.539. The minimum atomic E-state index is -5.19. The highest BCUT2D eigenvalue weighted by Crippen LogP contribution is 2.43. The van der Waals surface area contributed by atoms with E-state index in [9.17, 15) is 26.3 Å². The Labute approximate surface area is 91.1 Å². The fourth-order valence-electron chi connectivity index (χ4n) is 1.05. The zero-order valence-electron chi connectivity index (χ0n) is 7.32. The zero-order chi connectivity index (χ0) is 12.7. The summed E-state index contributed by atoms with van der Waals surface area (Å²) in [6.45, 7) is 0. The summed E-state index contributed by atoms with van der Waals surface area (Å²) >= 11 is 3.42. The Morgan fingerprint density at radius 3 is 1.62 bits per heavy atom. The van der Waals surface area contributed by atoms with Gasteiger partial charge in [-0.15, -0.1) is 12.6 Å². The van der Waals surface area contributed by atoms with Crippen molar-refractivity contribution in [3.8, 4) is 5.75 Å². The van der Waals surface area contributed by atoms with E-state index in [1.54, 1.807) is 0 Å². The largest absolute Gasteiger partial charge is 0.507 e. The Kier molecular flexibility index (Phi) is 3.06. The molecule has 1 nitrogen and oxygen atoms in total. The first-order valence-electron chi connectivity index (χ1n) is 3.74. The normalized spacial score (nSPS) is 12.9. The molecule has 16 heavy (non-hydrogen) atoms. The van der Waals surface area contributed by atoms with Gasteiger partial charge in [-0.1, -0.05) is 0 Å². The Bertz CT molecular complexity index is 369. The van der Waals surface area contributed by atoms with Gasteiger partial charge >= 0.3 is 12.4 Å². The molecule has 8 heteroatoms. The molecule has 90 valence electrons. The van der Waals surface area contributed by atoms with E-state index < -0.39 is 34.1 Å². The van der Waals surface area contributed by atoms with Crippen LogP contribution in [0.15, 0.2) is 17.0 Å². The molecular weight excluding hydrogens is 258 g/mol. The molecule has 0 spiro atoms. The van der Waals surface area contributed by atoms with Gasteiger partial charge in [0.2, 0.25) is 0 Å². The van der Waals surface area contributed by atoms with E-state index in [1.807, 2.05) is 0 Å². The summed E-state index contributed by atoms with van der Waals surface area (Å²) in [6, 6.07) is 0.145. The molecule has 0 fully saturated rings. The molecule has 1 rings (SSSR count). The van der Waals surface area contributed by atoms with Crippen LogP contribution in [-0.4, -0.2) is 5.11 Å². The first-order chi connectivity index (χ1) is 7.03. The number of rotatable bonds is 0. The molecule has 1 aromatic rings. The standard InChI is InChI=1S/C8H4F6OS/c9-7(10,11)3-1-5(15)6(16)2-4(3)8(12,13)14/h1-2,15-16H. The molecule has 0 saturated carbocycles. The first-order valence-corrected chi connectivity index (χ1v) is 4.18. The molecule has 0 aliphatic heterocycles. The van der Waals surface area contributed by atoms with Gasteiger partial charge in [0.05, 0.1) is 11.1 Å². The van der Waals surface area contributed by atoms with Gasteiger partial charge in [0.1, 0.15) is 5.75 Å². The number of phenolic OH excluding ortho intramolecular Hbond substituents is 1. The van der Waals surface area contributed by atoms with Crippen molar-refractivity contribution in [1.29, 1.82) is 0 Å². The molecule has 0 bridgehead atoms. The number of benzene rings is 1. The maximum absolute atomic E-state index is 12.3. The molecule has 0 saturated heterocycles. The lowest BCUT2D eigenvalue weighted by Gasteiger charge is -2.16. The molecule has 0 amide bonds. The Morgan fingerprint density at radius 1 is 0.875 bits per heavy atom. The van der Waals surface area contributed by atoms with E-state index in [-0.39, 0.29) is 12.1 Å². The Morgan fingerprint density at radius 2 is 1.25 bits per heavy atom. The Hall–Kier alpha value is -1.05. The third kappa shape index (κ3) is 2.55. The van der Waals surface area contributed by atoms with Gasteiger partial charge < -0.3 is 5.11 Å². The van der Waals surface area contributed by atoms with E-state index in [4.69, 9.17) is 5.11 Å². The lowest BCUT2D eigenvalue weighted by atomic mass is 10.1. The molecule has 0 aliphatic rings. The Balaban J connectivity index is 3.53. The predicted octanol–water partition coefficient (Wildman–Crippen LogP) is 3.72. The van der Waals surface area contributed by atoms with Crippen LogP contribution in [0.25, 0.3) is 0 Å². The predicted molar refractivity (Wildman–Crippen MR) is 45.4 cm³/mol. The highest BCUT2D eigenvalue weighted by Gasteiger charge is 2.43. The van der Waals surface area contributed by atoms with Crippen molar-refractivity contribution in [1.82, 2.24) is 0 Å². The van der Waals surface area contributed by atoms with Crippen LogP contribution in [-0.2, 0) is 12.4 Å². The van der Waals surface area contributed by atoms with Gasteiger partial charge in [-0.3, -0.25) is 0 Å². The number of hydrogen-bond acceptors (Lipinski definition) is 2. The van der Waals surface area contributed by atoms with Crippen LogP contribution in [0.3, 0.4) is 0 Å². The number of aromatic hydroxyl groups is 1. The van der Waals surface area contributed by atoms with E-state index in [2.05, 4.69) is 12.6 Å². The molecule has 0 atom stereocenters. The first kappa shape index (κ1) is 13.0. The van der Waals surface area contributed by atoms with Crippen molar-refractivity contribution in [2.45, 2.75) is 17.2 Å². The summed E-state index contributed by atoms with van der Waals surface area (Å²) in [5.41, 5.74) is -3.81. The minimum Gasteiger partial charge on any atom is -0.507 e. The molecule has 1 N–H and O–H groups in total. The van der Waals surface area contributed by atoms with Crippen molar-refractivity contribution in [2.75, 3.05) is 0 Å². The van der Waals surface area contributed by atoms with Crippen LogP contribution in [0.2, 0.25) is 0 Å². The summed E-state index contributed by atoms with van der Waals surface area (Å²) in [5, 5.41) is 8.91. The van der Waals surface area contributed by atoms with Gasteiger partial charge in [-0.2, -0.15) is 26.3 Å². The van der Waals surface area contributed by atoms with Crippen LogP contribution < -0.4 is 0 Å². The lowest BCUT2D eigenvalue weighted by Crippen LogP contribution is -2.16. The third-order valence-corrected chi connectivity index (χ3v) is 2.08. The number of hydrogen-bond donors (Lipinski definition) is 2. The molecule has 0 heterocycles. The molecule has 0 radical (unpaired) electrons. The van der Waals surface area contributed by atoms with Gasteiger partial charge in [-0.25, -0.2) is 0 Å². The molecule has 0 aliphatic carbocycles. The second-order valence-corrected chi connectivity index (χ2v) is 3.36. The molecule has 1 aromatic carbocycles. The van der Waals surface area contributed by atoms with Crippen molar-refractivity contribution in [2.24, 2.45) is 0 Å². The fourth-order valence-corrected chi connectivity index (χ4v) is 1.24. The summed E-state index contributed by atoms with van der Waals surface area (Å²) < 4.78 is 73.6. The summed E-state index contributed by atoms with van der Waals surface area (Å²) in [4.78, 5) is -0.569. The average Bonchev–Trinajstić information content (AvgIpc) is 2.05. The summed E-state index contributed by atoms with van der Waals surface area (Å²) in [6.07, 6.45) is -10.3. The molecule has 0 unspecified atom stereocenters. The monoisotopic (exact) mass is 262 g/mol. The third-order valence-electron chi connectivity index (χ3n) is 1.73. The number of phenols is 1. The van der Waals surface area contributed by atoms with Crippen molar-refractivity contribution < 1.29 is 31.4 Å². The van der Waals surface area contributed by atoms with Gasteiger partial charge in [0, 0.05) is 4.90 Å². The van der Waals surface area contributed by atoms with Crippen LogP contribution in [0.5, 0.6) is 5.75 Å². The second-order valence-electron chi connectivity index (χ2n) is 2.88. The lowest BCUT2D eigenvalue weighted by molar-refractivity contribution is -0.162. The molecule has 0 aromatic heterocycles. The van der Waals surface area contributed by atoms with Crippen LogP contribution in [0.4, 0.5) is 26.3 Å².